The second-order valence-corrected chi connectivity index (χ2v) is 8.80. The van der Waals surface area contributed by atoms with Gasteiger partial charge in [-0.3, -0.25) is 14.8 Å². The van der Waals surface area contributed by atoms with Gasteiger partial charge in [-0.15, -0.1) is 0 Å². The standard InChI is InChI=1S/C24H35N3O2/c1-24(2,3)22-7-8-23(28-4)21(16-22)19-27(18-20-6-5-9-25-17-20)11-10-26-12-14-29-15-13-26/h5-9,16-17H,10-15,18-19H2,1-4H3. The molecule has 0 amide bonds. The van der Waals surface area contributed by atoms with E-state index in [0.29, 0.717) is 0 Å². The van der Waals surface area contributed by atoms with E-state index in [0.717, 1.165) is 58.2 Å². The molecule has 1 aromatic heterocycles. The minimum atomic E-state index is 0.114. The quantitative estimate of drug-likeness (QED) is 0.679. The molecule has 1 aromatic carbocycles. The highest BCUT2D eigenvalue weighted by Gasteiger charge is 2.19. The summed E-state index contributed by atoms with van der Waals surface area (Å²) in [5.74, 6) is 0.959. The second kappa shape index (κ2) is 10.2. The molecule has 3 rings (SSSR count). The Balaban J connectivity index is 1.77. The molecule has 5 heteroatoms. The van der Waals surface area contributed by atoms with Crippen molar-refractivity contribution in [2.24, 2.45) is 0 Å². The normalized spacial score (nSPS) is 15.6. The summed E-state index contributed by atoms with van der Waals surface area (Å²) in [5.41, 5.74) is 3.93. The Kier molecular flexibility index (Phi) is 7.64. The number of morpholine rings is 1. The predicted molar refractivity (Wildman–Crippen MR) is 117 cm³/mol. The van der Waals surface area contributed by atoms with E-state index in [1.54, 1.807) is 7.11 Å². The fraction of sp³-hybridized carbons (Fsp3) is 0.542. The maximum Gasteiger partial charge on any atom is 0.123 e. The highest BCUT2D eigenvalue weighted by atomic mass is 16.5. The molecule has 0 unspecified atom stereocenters. The molecule has 2 aromatic rings. The summed E-state index contributed by atoms with van der Waals surface area (Å²) in [6.45, 7) is 14.2. The van der Waals surface area contributed by atoms with Gasteiger partial charge in [-0.05, 0) is 28.7 Å². The molecule has 5 nitrogen and oxygen atoms in total. The minimum Gasteiger partial charge on any atom is -0.496 e. The van der Waals surface area contributed by atoms with Crippen LogP contribution in [0.3, 0.4) is 0 Å². The van der Waals surface area contributed by atoms with E-state index in [2.05, 4.69) is 59.8 Å². The lowest BCUT2D eigenvalue weighted by Gasteiger charge is -2.30. The molecule has 0 N–H and O–H groups in total. The van der Waals surface area contributed by atoms with Crippen LogP contribution in [-0.2, 0) is 23.2 Å². The van der Waals surface area contributed by atoms with Gasteiger partial charge in [0.15, 0.2) is 0 Å². The van der Waals surface area contributed by atoms with Gasteiger partial charge in [-0.1, -0.05) is 39.0 Å². The third-order valence-corrected chi connectivity index (χ3v) is 5.51. The zero-order chi connectivity index (χ0) is 20.7. The molecule has 158 valence electrons. The number of pyridine rings is 1. The van der Waals surface area contributed by atoms with Gasteiger partial charge in [-0.25, -0.2) is 0 Å². The van der Waals surface area contributed by atoms with Crippen molar-refractivity contribution >= 4 is 0 Å². The Morgan fingerprint density at radius 2 is 1.93 bits per heavy atom. The Morgan fingerprint density at radius 3 is 2.59 bits per heavy atom. The van der Waals surface area contributed by atoms with Gasteiger partial charge in [0.05, 0.1) is 20.3 Å². The van der Waals surface area contributed by atoms with Gasteiger partial charge in [0.1, 0.15) is 5.75 Å². The summed E-state index contributed by atoms with van der Waals surface area (Å²) < 4.78 is 11.2. The summed E-state index contributed by atoms with van der Waals surface area (Å²) in [7, 11) is 1.76. The Bertz CT molecular complexity index is 752. The first kappa shape index (κ1) is 21.8. The van der Waals surface area contributed by atoms with Crippen LogP contribution in [0.2, 0.25) is 0 Å². The smallest absolute Gasteiger partial charge is 0.123 e. The number of rotatable bonds is 8. The van der Waals surface area contributed by atoms with E-state index >= 15 is 0 Å². The first-order valence-electron chi connectivity index (χ1n) is 10.5. The van der Waals surface area contributed by atoms with Gasteiger partial charge >= 0.3 is 0 Å². The molecule has 1 saturated heterocycles. The first-order valence-corrected chi connectivity index (χ1v) is 10.5. The number of benzene rings is 1. The maximum absolute atomic E-state index is 5.69. The lowest BCUT2D eigenvalue weighted by Crippen LogP contribution is -2.41. The Hall–Kier alpha value is -1.95. The predicted octanol–water partition coefficient (Wildman–Crippen LogP) is 3.72. The number of aromatic nitrogens is 1. The van der Waals surface area contributed by atoms with Crippen LogP contribution in [0.15, 0.2) is 42.7 Å². The highest BCUT2D eigenvalue weighted by molar-refractivity contribution is 5.39. The lowest BCUT2D eigenvalue weighted by molar-refractivity contribution is 0.0324. The summed E-state index contributed by atoms with van der Waals surface area (Å²) in [6.07, 6.45) is 3.79. The number of hydrogen-bond acceptors (Lipinski definition) is 5. The van der Waals surface area contributed by atoms with Crippen LogP contribution in [0.1, 0.15) is 37.5 Å². The third kappa shape index (κ3) is 6.53. The molecule has 0 aliphatic carbocycles. The van der Waals surface area contributed by atoms with Gasteiger partial charge in [0, 0.05) is 57.2 Å². The van der Waals surface area contributed by atoms with Crippen molar-refractivity contribution < 1.29 is 9.47 Å². The second-order valence-electron chi connectivity index (χ2n) is 8.80. The summed E-state index contributed by atoms with van der Waals surface area (Å²) in [5, 5.41) is 0. The summed E-state index contributed by atoms with van der Waals surface area (Å²) in [6, 6.07) is 10.8. The zero-order valence-electron chi connectivity index (χ0n) is 18.4. The molecule has 2 heterocycles. The Morgan fingerprint density at radius 1 is 1.14 bits per heavy atom. The van der Waals surface area contributed by atoms with Crippen molar-refractivity contribution in [3.63, 3.8) is 0 Å². The molecule has 0 saturated carbocycles. The van der Waals surface area contributed by atoms with Crippen molar-refractivity contribution in [2.45, 2.75) is 39.3 Å². The van der Waals surface area contributed by atoms with Crippen LogP contribution < -0.4 is 4.74 Å². The maximum atomic E-state index is 5.69. The minimum absolute atomic E-state index is 0.114. The van der Waals surface area contributed by atoms with Crippen LogP contribution >= 0.6 is 0 Å². The summed E-state index contributed by atoms with van der Waals surface area (Å²) in [4.78, 5) is 9.28. The fourth-order valence-corrected chi connectivity index (χ4v) is 3.68. The number of hydrogen-bond donors (Lipinski definition) is 0. The largest absolute Gasteiger partial charge is 0.496 e. The molecule has 0 atom stereocenters. The average Bonchev–Trinajstić information content (AvgIpc) is 2.73. The molecule has 1 aliphatic rings. The van der Waals surface area contributed by atoms with Crippen molar-refractivity contribution in [1.29, 1.82) is 0 Å². The fourth-order valence-electron chi connectivity index (χ4n) is 3.68. The van der Waals surface area contributed by atoms with E-state index < -0.39 is 0 Å². The molecule has 1 aliphatic heterocycles. The third-order valence-electron chi connectivity index (χ3n) is 5.51. The first-order chi connectivity index (χ1) is 14.0. The van der Waals surface area contributed by atoms with Crippen molar-refractivity contribution in [3.05, 3.63) is 59.4 Å². The summed E-state index contributed by atoms with van der Waals surface area (Å²) >= 11 is 0. The molecule has 0 bridgehead atoms. The van der Waals surface area contributed by atoms with Gasteiger partial charge in [0.25, 0.3) is 0 Å². The SMILES string of the molecule is COc1ccc(C(C)(C)C)cc1CN(CCN1CCOCC1)Cc1cccnc1. The van der Waals surface area contributed by atoms with Gasteiger partial charge in [-0.2, -0.15) is 0 Å². The van der Waals surface area contributed by atoms with E-state index in [1.807, 2.05) is 18.5 Å². The van der Waals surface area contributed by atoms with Crippen LogP contribution in [0.4, 0.5) is 0 Å². The Labute approximate surface area is 175 Å². The number of ether oxygens (including phenoxy) is 2. The van der Waals surface area contributed by atoms with Crippen molar-refractivity contribution in [1.82, 2.24) is 14.8 Å². The number of nitrogens with zero attached hydrogens (tertiary/aromatic N) is 3. The van der Waals surface area contributed by atoms with Crippen LogP contribution in [0, 0.1) is 0 Å². The average molecular weight is 398 g/mol. The lowest BCUT2D eigenvalue weighted by atomic mass is 9.86. The van der Waals surface area contributed by atoms with Gasteiger partial charge in [0.2, 0.25) is 0 Å². The number of methoxy groups -OCH3 is 1. The van der Waals surface area contributed by atoms with Gasteiger partial charge < -0.3 is 9.47 Å². The molecular formula is C24H35N3O2. The topological polar surface area (TPSA) is 37.8 Å². The molecule has 1 fully saturated rings. The van der Waals surface area contributed by atoms with Crippen LogP contribution in [0.25, 0.3) is 0 Å². The zero-order valence-corrected chi connectivity index (χ0v) is 18.4. The van der Waals surface area contributed by atoms with Crippen LogP contribution in [-0.4, -0.2) is 61.3 Å². The van der Waals surface area contributed by atoms with Crippen molar-refractivity contribution in [2.75, 3.05) is 46.5 Å². The van der Waals surface area contributed by atoms with Crippen molar-refractivity contribution in [3.8, 4) is 5.75 Å². The van der Waals surface area contributed by atoms with E-state index in [4.69, 9.17) is 9.47 Å². The molecule has 0 radical (unpaired) electrons. The molecule has 29 heavy (non-hydrogen) atoms. The van der Waals surface area contributed by atoms with E-state index in [1.165, 1.54) is 16.7 Å². The molecule has 0 spiro atoms. The van der Waals surface area contributed by atoms with E-state index in [-0.39, 0.29) is 5.41 Å². The van der Waals surface area contributed by atoms with E-state index in [9.17, 15) is 0 Å². The van der Waals surface area contributed by atoms with Crippen LogP contribution in [0.5, 0.6) is 5.75 Å². The monoisotopic (exact) mass is 397 g/mol. The molecular weight excluding hydrogens is 362 g/mol. The highest BCUT2D eigenvalue weighted by Crippen LogP contribution is 2.29.